The van der Waals surface area contributed by atoms with Crippen LogP contribution in [0.4, 0.5) is 5.00 Å². The van der Waals surface area contributed by atoms with Crippen LogP contribution >= 0.6 is 11.3 Å². The smallest absolute Gasteiger partial charge is 0.226 e. The number of piperidine rings is 1. The molecule has 2 heterocycles. The summed E-state index contributed by atoms with van der Waals surface area (Å²) in [5, 5.41) is 13.1. The first-order valence-corrected chi connectivity index (χ1v) is 9.06. The van der Waals surface area contributed by atoms with Gasteiger partial charge in [0.2, 0.25) is 5.91 Å². The molecular weight excluding hydrogens is 294 g/mol. The van der Waals surface area contributed by atoms with Crippen LogP contribution in [0.25, 0.3) is 0 Å². The first kappa shape index (κ1) is 15.5. The summed E-state index contributed by atoms with van der Waals surface area (Å²) in [5.74, 6) is 0.775. The summed E-state index contributed by atoms with van der Waals surface area (Å²) in [4.78, 5) is 15.9. The molecule has 1 atom stereocenters. The number of nitriles is 1. The topological polar surface area (TPSA) is 56.1 Å². The van der Waals surface area contributed by atoms with Gasteiger partial charge in [-0.15, -0.1) is 11.3 Å². The lowest BCUT2D eigenvalue weighted by Gasteiger charge is -2.30. The minimum Gasteiger partial charge on any atom is -0.317 e. The Bertz CT molecular complexity index is 602. The molecule has 0 unspecified atom stereocenters. The third-order valence-electron chi connectivity index (χ3n) is 4.68. The fourth-order valence-electron chi connectivity index (χ4n) is 3.55. The third-order valence-corrected chi connectivity index (χ3v) is 5.89. The fraction of sp³-hybridized carbons (Fsp3) is 0.647. The highest BCUT2D eigenvalue weighted by Crippen LogP contribution is 2.38. The van der Waals surface area contributed by atoms with Crippen LogP contribution in [0.2, 0.25) is 0 Å². The van der Waals surface area contributed by atoms with Crippen molar-refractivity contribution in [3.05, 3.63) is 16.0 Å². The summed E-state index contributed by atoms with van der Waals surface area (Å²) in [6, 6.07) is 2.28. The highest BCUT2D eigenvalue weighted by molar-refractivity contribution is 7.16. The number of anilines is 1. The maximum Gasteiger partial charge on any atom is 0.226 e. The van der Waals surface area contributed by atoms with E-state index in [1.54, 1.807) is 11.3 Å². The van der Waals surface area contributed by atoms with Crippen LogP contribution in [0.1, 0.15) is 48.6 Å². The van der Waals surface area contributed by atoms with Gasteiger partial charge in [-0.1, -0.05) is 6.92 Å². The van der Waals surface area contributed by atoms with E-state index in [1.165, 1.54) is 23.3 Å². The number of nitrogens with one attached hydrogen (secondary N) is 1. The molecular formula is C17H23N3OS. The van der Waals surface area contributed by atoms with Crippen LogP contribution in [0.3, 0.4) is 0 Å². The Hall–Kier alpha value is -1.38. The molecule has 1 fully saturated rings. The highest BCUT2D eigenvalue weighted by Gasteiger charge is 2.23. The predicted molar refractivity (Wildman–Crippen MR) is 89.1 cm³/mol. The molecule has 0 saturated carbocycles. The van der Waals surface area contributed by atoms with Crippen LogP contribution < -0.4 is 5.32 Å². The number of likely N-dealkylation sites (tertiary alicyclic amines) is 1. The molecule has 1 aliphatic heterocycles. The van der Waals surface area contributed by atoms with Crippen molar-refractivity contribution < 1.29 is 4.79 Å². The molecule has 0 radical (unpaired) electrons. The van der Waals surface area contributed by atoms with Gasteiger partial charge < -0.3 is 10.2 Å². The van der Waals surface area contributed by atoms with Crippen molar-refractivity contribution >= 4 is 22.2 Å². The zero-order valence-electron chi connectivity index (χ0n) is 13.2. The lowest BCUT2D eigenvalue weighted by molar-refractivity contribution is -0.116. The molecule has 1 aromatic rings. The number of rotatable bonds is 4. The van der Waals surface area contributed by atoms with Crippen molar-refractivity contribution in [2.24, 2.45) is 5.92 Å². The molecule has 0 spiro atoms. The molecule has 1 saturated heterocycles. The summed E-state index contributed by atoms with van der Waals surface area (Å²) in [5.41, 5.74) is 1.88. The molecule has 2 aliphatic rings. The summed E-state index contributed by atoms with van der Waals surface area (Å²) >= 11 is 1.60. The standard InChI is InChI=1S/C17H23N3OS/c1-12-4-3-8-20(11-12)9-7-16(21)19-17-14(10-18)13-5-2-6-15(13)22-17/h12H,2-9,11H2,1H3,(H,19,21)/t12-/m1/s1. The Morgan fingerprint density at radius 1 is 1.45 bits per heavy atom. The van der Waals surface area contributed by atoms with Gasteiger partial charge in [0.1, 0.15) is 11.1 Å². The SMILES string of the molecule is C[C@@H]1CCCN(CCC(=O)Nc2sc3c(c2C#N)CCC3)C1. The van der Waals surface area contributed by atoms with Gasteiger partial charge in [-0.3, -0.25) is 4.79 Å². The van der Waals surface area contributed by atoms with Gasteiger partial charge in [0.05, 0.1) is 5.56 Å². The third kappa shape index (κ3) is 3.34. The number of hydrogen-bond donors (Lipinski definition) is 1. The van der Waals surface area contributed by atoms with E-state index in [1.807, 2.05) is 0 Å². The molecule has 1 aromatic heterocycles. The van der Waals surface area contributed by atoms with Crippen LogP contribution in [0.15, 0.2) is 0 Å². The molecule has 5 heteroatoms. The van der Waals surface area contributed by atoms with Gasteiger partial charge in [-0.05, 0) is 50.1 Å². The monoisotopic (exact) mass is 317 g/mol. The minimum absolute atomic E-state index is 0.0367. The molecule has 1 N–H and O–H groups in total. The average Bonchev–Trinajstić information content (AvgIpc) is 3.05. The highest BCUT2D eigenvalue weighted by atomic mass is 32.1. The zero-order valence-corrected chi connectivity index (χ0v) is 14.0. The minimum atomic E-state index is 0.0367. The van der Waals surface area contributed by atoms with E-state index in [-0.39, 0.29) is 5.91 Å². The van der Waals surface area contributed by atoms with E-state index in [0.29, 0.717) is 12.0 Å². The lowest BCUT2D eigenvalue weighted by Crippen LogP contribution is -2.36. The van der Waals surface area contributed by atoms with Gasteiger partial charge in [-0.2, -0.15) is 5.26 Å². The summed E-state index contributed by atoms with van der Waals surface area (Å²) in [7, 11) is 0. The maximum atomic E-state index is 12.2. The summed E-state index contributed by atoms with van der Waals surface area (Å²) in [6.45, 7) is 5.31. The molecule has 4 nitrogen and oxygen atoms in total. The van der Waals surface area contributed by atoms with E-state index >= 15 is 0 Å². The second-order valence-corrected chi connectivity index (χ2v) is 7.62. The predicted octanol–water partition coefficient (Wildman–Crippen LogP) is 3.17. The zero-order chi connectivity index (χ0) is 15.5. The average molecular weight is 317 g/mol. The number of carbonyl (C=O) groups excluding carboxylic acids is 1. The van der Waals surface area contributed by atoms with Crippen LogP contribution in [0.5, 0.6) is 0 Å². The van der Waals surface area contributed by atoms with Crippen LogP contribution in [0, 0.1) is 17.2 Å². The summed E-state index contributed by atoms with van der Waals surface area (Å²) < 4.78 is 0. The Morgan fingerprint density at radius 3 is 3.09 bits per heavy atom. The molecule has 3 rings (SSSR count). The normalized spacial score (nSPS) is 21.4. The second-order valence-electron chi connectivity index (χ2n) is 6.52. The van der Waals surface area contributed by atoms with Crippen molar-refractivity contribution in [1.29, 1.82) is 5.26 Å². The molecule has 118 valence electrons. The number of carbonyl (C=O) groups is 1. The van der Waals surface area contributed by atoms with E-state index in [4.69, 9.17) is 0 Å². The number of thiophene rings is 1. The van der Waals surface area contributed by atoms with Crippen molar-refractivity contribution in [2.75, 3.05) is 25.0 Å². The first-order chi connectivity index (χ1) is 10.7. The number of amides is 1. The van der Waals surface area contributed by atoms with Gasteiger partial charge in [0.25, 0.3) is 0 Å². The number of fused-ring (bicyclic) bond motifs is 1. The Kier molecular flexibility index (Phi) is 4.80. The van der Waals surface area contributed by atoms with E-state index < -0.39 is 0 Å². The van der Waals surface area contributed by atoms with E-state index in [0.717, 1.165) is 49.8 Å². The second kappa shape index (κ2) is 6.80. The largest absolute Gasteiger partial charge is 0.317 e. The molecule has 1 aliphatic carbocycles. The van der Waals surface area contributed by atoms with Crippen molar-refractivity contribution in [1.82, 2.24) is 4.90 Å². The van der Waals surface area contributed by atoms with Crippen LogP contribution in [-0.4, -0.2) is 30.4 Å². The van der Waals surface area contributed by atoms with E-state index in [2.05, 4.69) is 23.2 Å². The molecule has 1 amide bonds. The Balaban J connectivity index is 1.55. The molecule has 0 bridgehead atoms. The van der Waals surface area contributed by atoms with Gasteiger partial charge >= 0.3 is 0 Å². The fourth-order valence-corrected chi connectivity index (χ4v) is 4.81. The number of nitrogens with zero attached hydrogens (tertiary/aromatic N) is 2. The lowest BCUT2D eigenvalue weighted by atomic mass is 10.0. The van der Waals surface area contributed by atoms with Gasteiger partial charge in [-0.25, -0.2) is 0 Å². The number of aryl methyl sites for hydroxylation is 1. The molecule has 0 aromatic carbocycles. The van der Waals surface area contributed by atoms with E-state index in [9.17, 15) is 10.1 Å². The number of hydrogen-bond acceptors (Lipinski definition) is 4. The van der Waals surface area contributed by atoms with Crippen LogP contribution in [-0.2, 0) is 17.6 Å². The Labute approximate surface area is 136 Å². The summed E-state index contributed by atoms with van der Waals surface area (Å²) in [6.07, 6.45) is 6.22. The quantitative estimate of drug-likeness (QED) is 0.928. The van der Waals surface area contributed by atoms with Crippen molar-refractivity contribution in [3.63, 3.8) is 0 Å². The van der Waals surface area contributed by atoms with Crippen molar-refractivity contribution in [3.8, 4) is 6.07 Å². The Morgan fingerprint density at radius 2 is 2.32 bits per heavy atom. The first-order valence-electron chi connectivity index (χ1n) is 8.24. The van der Waals surface area contributed by atoms with Crippen molar-refractivity contribution in [2.45, 2.75) is 45.4 Å². The van der Waals surface area contributed by atoms with Gasteiger partial charge in [0, 0.05) is 24.4 Å². The maximum absolute atomic E-state index is 12.2. The van der Waals surface area contributed by atoms with Gasteiger partial charge in [0.15, 0.2) is 0 Å². The molecule has 22 heavy (non-hydrogen) atoms.